The molecule has 2 aromatic heterocycles. The van der Waals surface area contributed by atoms with Gasteiger partial charge in [-0.25, -0.2) is 14.4 Å². The Hall–Kier alpha value is -2.75. The highest BCUT2D eigenvalue weighted by atomic mass is 35.5. The molecule has 2 aliphatic heterocycles. The van der Waals surface area contributed by atoms with E-state index in [0.29, 0.717) is 36.9 Å². The lowest BCUT2D eigenvalue weighted by atomic mass is 9.99. The fourth-order valence-corrected chi connectivity index (χ4v) is 4.77. The van der Waals surface area contributed by atoms with Gasteiger partial charge in [0.1, 0.15) is 22.9 Å². The zero-order chi connectivity index (χ0) is 23.8. The van der Waals surface area contributed by atoms with Gasteiger partial charge in [0.05, 0.1) is 29.1 Å². The molecular weight excluding hydrogens is 484 g/mol. The van der Waals surface area contributed by atoms with Crippen molar-refractivity contribution in [2.24, 2.45) is 0 Å². The first-order valence-electron chi connectivity index (χ1n) is 11.0. The lowest BCUT2D eigenvalue weighted by Gasteiger charge is -2.36. The van der Waals surface area contributed by atoms with Crippen molar-refractivity contribution in [3.05, 3.63) is 68.2 Å². The van der Waals surface area contributed by atoms with Crippen LogP contribution < -0.4 is 15.2 Å². The Balaban J connectivity index is 1.43. The summed E-state index contributed by atoms with van der Waals surface area (Å²) in [5.41, 5.74) is 1.72. The van der Waals surface area contributed by atoms with Gasteiger partial charge in [-0.1, -0.05) is 23.2 Å². The summed E-state index contributed by atoms with van der Waals surface area (Å²) >= 11 is 12.7. The maximum absolute atomic E-state index is 13.4. The van der Waals surface area contributed by atoms with Crippen LogP contribution >= 0.6 is 23.2 Å². The Morgan fingerprint density at radius 3 is 2.85 bits per heavy atom. The zero-order valence-corrected chi connectivity index (χ0v) is 19.9. The summed E-state index contributed by atoms with van der Waals surface area (Å²) in [7, 11) is 0. The van der Waals surface area contributed by atoms with E-state index < -0.39 is 12.0 Å². The van der Waals surface area contributed by atoms with E-state index in [1.807, 2.05) is 11.8 Å². The molecule has 178 valence electrons. The second kappa shape index (κ2) is 9.48. The minimum atomic E-state index is -0.450. The topological polar surface area (TPSA) is 82.4 Å². The van der Waals surface area contributed by atoms with Gasteiger partial charge in [-0.2, -0.15) is 9.78 Å². The van der Waals surface area contributed by atoms with Crippen LogP contribution in [0.4, 0.5) is 10.1 Å². The highest BCUT2D eigenvalue weighted by Gasteiger charge is 2.31. The Morgan fingerprint density at radius 1 is 1.24 bits per heavy atom. The molecule has 0 spiro atoms. The first kappa shape index (κ1) is 23.0. The van der Waals surface area contributed by atoms with Crippen molar-refractivity contribution in [1.29, 1.82) is 0 Å². The average Bonchev–Trinajstić information content (AvgIpc) is 2.83. The van der Waals surface area contributed by atoms with Gasteiger partial charge in [0, 0.05) is 18.2 Å². The van der Waals surface area contributed by atoms with Gasteiger partial charge in [0.25, 0.3) is 5.56 Å². The van der Waals surface area contributed by atoms with Crippen molar-refractivity contribution >= 4 is 28.9 Å². The molecule has 3 aromatic rings. The molecule has 34 heavy (non-hydrogen) atoms. The number of anilines is 1. The van der Waals surface area contributed by atoms with Crippen LogP contribution in [0.1, 0.15) is 43.7 Å². The molecule has 5 rings (SSSR count). The van der Waals surface area contributed by atoms with Gasteiger partial charge in [-0.05, 0) is 50.8 Å². The SMILES string of the molecule is CC1Cc2c(ncnc2Oc2ccc(F)cc2Cl)CN1c1cnn(C2CCCCO2)c(=O)c1Cl. The summed E-state index contributed by atoms with van der Waals surface area (Å²) in [6.07, 6.45) is 5.84. The van der Waals surface area contributed by atoms with E-state index in [2.05, 4.69) is 15.1 Å². The summed E-state index contributed by atoms with van der Waals surface area (Å²) in [4.78, 5) is 23.7. The average molecular weight is 506 g/mol. The number of ether oxygens (including phenoxy) is 2. The fraction of sp³-hybridized carbons (Fsp3) is 0.391. The number of aromatic nitrogens is 4. The van der Waals surface area contributed by atoms with Gasteiger partial charge in [0.2, 0.25) is 5.88 Å². The predicted molar refractivity (Wildman–Crippen MR) is 125 cm³/mol. The monoisotopic (exact) mass is 505 g/mol. The van der Waals surface area contributed by atoms with E-state index in [4.69, 9.17) is 32.7 Å². The molecule has 4 heterocycles. The van der Waals surface area contributed by atoms with Gasteiger partial charge in [-0.3, -0.25) is 4.79 Å². The van der Waals surface area contributed by atoms with Crippen molar-refractivity contribution in [3.8, 4) is 11.6 Å². The lowest BCUT2D eigenvalue weighted by Crippen LogP contribution is -2.41. The molecule has 0 radical (unpaired) electrons. The number of fused-ring (bicyclic) bond motifs is 1. The molecule has 0 bridgehead atoms. The minimum absolute atomic E-state index is 0.0509. The molecule has 0 saturated carbocycles. The summed E-state index contributed by atoms with van der Waals surface area (Å²) in [5, 5.41) is 4.62. The van der Waals surface area contributed by atoms with E-state index in [1.165, 1.54) is 29.2 Å². The quantitative estimate of drug-likeness (QED) is 0.497. The van der Waals surface area contributed by atoms with Crippen LogP contribution in [0.25, 0.3) is 0 Å². The smallest absolute Gasteiger partial charge is 0.290 e. The number of nitrogens with zero attached hydrogens (tertiary/aromatic N) is 5. The third-order valence-electron chi connectivity index (χ3n) is 6.11. The van der Waals surface area contributed by atoms with Crippen LogP contribution in [0.5, 0.6) is 11.6 Å². The van der Waals surface area contributed by atoms with Crippen LogP contribution in [0, 0.1) is 5.82 Å². The van der Waals surface area contributed by atoms with E-state index in [0.717, 1.165) is 30.5 Å². The molecule has 1 aromatic carbocycles. The van der Waals surface area contributed by atoms with Crippen molar-refractivity contribution in [2.45, 2.75) is 51.4 Å². The van der Waals surface area contributed by atoms with Crippen molar-refractivity contribution in [1.82, 2.24) is 19.7 Å². The van der Waals surface area contributed by atoms with Crippen LogP contribution in [0.3, 0.4) is 0 Å². The highest BCUT2D eigenvalue weighted by Crippen LogP contribution is 2.36. The van der Waals surface area contributed by atoms with Crippen LogP contribution in [0.2, 0.25) is 10.0 Å². The molecule has 2 unspecified atom stereocenters. The van der Waals surface area contributed by atoms with E-state index >= 15 is 0 Å². The standard InChI is InChI=1S/C23H22Cl2FN5O3/c1-13-8-15-17(27-12-28-22(15)34-19-6-5-14(26)9-16(19)24)11-30(13)18-10-29-31(23(32)21(18)25)20-4-2-3-7-33-20/h5-6,9-10,12-13,20H,2-4,7-8,11H2,1H3. The molecule has 0 aliphatic carbocycles. The maximum Gasteiger partial charge on any atom is 0.290 e. The van der Waals surface area contributed by atoms with Gasteiger partial charge in [0.15, 0.2) is 6.23 Å². The summed E-state index contributed by atoms with van der Waals surface area (Å²) in [6.45, 7) is 3.00. The number of hydrogen-bond donors (Lipinski definition) is 0. The summed E-state index contributed by atoms with van der Waals surface area (Å²) in [6, 6.07) is 3.87. The normalized spacial score (nSPS) is 20.2. The number of rotatable bonds is 4. The Morgan fingerprint density at radius 2 is 2.09 bits per heavy atom. The van der Waals surface area contributed by atoms with Gasteiger partial charge >= 0.3 is 0 Å². The van der Waals surface area contributed by atoms with E-state index in [1.54, 1.807) is 6.20 Å². The molecular formula is C23H22Cl2FN5O3. The molecule has 8 nitrogen and oxygen atoms in total. The van der Waals surface area contributed by atoms with E-state index in [-0.39, 0.29) is 21.6 Å². The Labute approximate surface area is 205 Å². The Kier molecular flexibility index (Phi) is 6.42. The summed E-state index contributed by atoms with van der Waals surface area (Å²) < 4.78 is 26.3. The maximum atomic E-state index is 13.4. The van der Waals surface area contributed by atoms with Crippen LogP contribution in [-0.4, -0.2) is 32.4 Å². The molecule has 1 saturated heterocycles. The zero-order valence-electron chi connectivity index (χ0n) is 18.4. The van der Waals surface area contributed by atoms with E-state index in [9.17, 15) is 9.18 Å². The highest BCUT2D eigenvalue weighted by molar-refractivity contribution is 6.33. The fourth-order valence-electron chi connectivity index (χ4n) is 4.33. The second-order valence-electron chi connectivity index (χ2n) is 8.38. The minimum Gasteiger partial charge on any atom is -0.437 e. The van der Waals surface area contributed by atoms with Gasteiger partial charge < -0.3 is 14.4 Å². The molecule has 2 aliphatic rings. The molecule has 2 atom stereocenters. The van der Waals surface area contributed by atoms with Crippen molar-refractivity contribution in [2.75, 3.05) is 11.5 Å². The summed E-state index contributed by atoms with van der Waals surface area (Å²) in [5.74, 6) is 0.215. The Bertz CT molecular complexity index is 1280. The third kappa shape index (κ3) is 4.35. The number of benzene rings is 1. The second-order valence-corrected chi connectivity index (χ2v) is 9.16. The molecule has 0 N–H and O–H groups in total. The predicted octanol–water partition coefficient (Wildman–Crippen LogP) is 4.92. The molecule has 11 heteroatoms. The van der Waals surface area contributed by atoms with Crippen molar-refractivity contribution in [3.63, 3.8) is 0 Å². The third-order valence-corrected chi connectivity index (χ3v) is 6.76. The van der Waals surface area contributed by atoms with Crippen LogP contribution in [-0.2, 0) is 17.7 Å². The molecule has 1 fully saturated rings. The van der Waals surface area contributed by atoms with Crippen molar-refractivity contribution < 1.29 is 13.9 Å². The first-order chi connectivity index (χ1) is 16.4. The lowest BCUT2D eigenvalue weighted by molar-refractivity contribution is -0.0424. The number of hydrogen-bond acceptors (Lipinski definition) is 7. The number of halogens is 3. The first-order valence-corrected chi connectivity index (χ1v) is 11.8. The van der Waals surface area contributed by atoms with Gasteiger partial charge in [-0.15, -0.1) is 0 Å². The molecule has 0 amide bonds. The largest absolute Gasteiger partial charge is 0.437 e. The van der Waals surface area contributed by atoms with Crippen LogP contribution in [0.15, 0.2) is 35.5 Å².